The lowest BCUT2D eigenvalue weighted by atomic mass is 10.2. The van der Waals surface area contributed by atoms with E-state index in [1.807, 2.05) is 27.8 Å². The highest BCUT2D eigenvalue weighted by atomic mass is 15.3. The fourth-order valence-corrected chi connectivity index (χ4v) is 2.27. The molecule has 1 N–H and O–H groups in total. The predicted molar refractivity (Wildman–Crippen MR) is 83.4 cm³/mol. The van der Waals surface area contributed by atoms with Crippen molar-refractivity contribution in [1.82, 2.24) is 19.6 Å². The molecule has 21 heavy (non-hydrogen) atoms. The summed E-state index contributed by atoms with van der Waals surface area (Å²) in [5, 5.41) is 12.0. The molecule has 0 fully saturated rings. The lowest BCUT2D eigenvalue weighted by Crippen LogP contribution is -2.08. The maximum atomic E-state index is 4.33. The first-order chi connectivity index (χ1) is 10.4. The van der Waals surface area contributed by atoms with Crippen LogP contribution in [-0.4, -0.2) is 19.6 Å². The minimum absolute atomic E-state index is 0.779. The third-order valence-electron chi connectivity index (χ3n) is 3.35. The van der Waals surface area contributed by atoms with E-state index >= 15 is 0 Å². The van der Waals surface area contributed by atoms with Gasteiger partial charge in [-0.3, -0.25) is 4.68 Å². The predicted octanol–water partition coefficient (Wildman–Crippen LogP) is 3.09. The van der Waals surface area contributed by atoms with E-state index < -0.39 is 0 Å². The van der Waals surface area contributed by atoms with Gasteiger partial charge in [-0.25, -0.2) is 4.68 Å². The Bertz CT molecular complexity index is 667. The zero-order valence-corrected chi connectivity index (χ0v) is 12.1. The average Bonchev–Trinajstić information content (AvgIpc) is 3.18. The van der Waals surface area contributed by atoms with E-state index in [2.05, 4.69) is 52.8 Å². The molecule has 0 atom stereocenters. The molecule has 0 unspecified atom stereocenters. The van der Waals surface area contributed by atoms with Gasteiger partial charge in [-0.1, -0.05) is 6.92 Å². The zero-order valence-electron chi connectivity index (χ0n) is 12.1. The van der Waals surface area contributed by atoms with Crippen molar-refractivity contribution in [3.63, 3.8) is 0 Å². The van der Waals surface area contributed by atoms with E-state index in [4.69, 9.17) is 0 Å². The van der Waals surface area contributed by atoms with Crippen molar-refractivity contribution in [3.8, 4) is 5.69 Å². The van der Waals surface area contributed by atoms with Crippen LogP contribution in [0.3, 0.4) is 0 Å². The molecule has 0 aliphatic carbocycles. The van der Waals surface area contributed by atoms with E-state index in [1.165, 1.54) is 5.69 Å². The molecule has 3 aromatic rings. The molecule has 0 bridgehead atoms. The smallest absolute Gasteiger partial charge is 0.0647 e. The van der Waals surface area contributed by atoms with Crippen LogP contribution in [0.5, 0.6) is 0 Å². The van der Waals surface area contributed by atoms with Gasteiger partial charge < -0.3 is 5.32 Å². The Labute approximate surface area is 124 Å². The zero-order chi connectivity index (χ0) is 14.5. The summed E-state index contributed by atoms with van der Waals surface area (Å²) in [7, 11) is 0. The van der Waals surface area contributed by atoms with E-state index in [0.29, 0.717) is 0 Å². The molecule has 2 aromatic heterocycles. The second-order valence-electron chi connectivity index (χ2n) is 4.90. The second kappa shape index (κ2) is 6.26. The molecule has 0 aliphatic heterocycles. The molecule has 0 amide bonds. The quantitative estimate of drug-likeness (QED) is 0.755. The van der Waals surface area contributed by atoms with E-state index in [9.17, 15) is 0 Å². The first-order valence-electron chi connectivity index (χ1n) is 7.21. The van der Waals surface area contributed by atoms with Gasteiger partial charge in [0.1, 0.15) is 0 Å². The Morgan fingerprint density at radius 3 is 2.62 bits per heavy atom. The van der Waals surface area contributed by atoms with Gasteiger partial charge in [-0.2, -0.15) is 10.2 Å². The Morgan fingerprint density at radius 1 is 1.05 bits per heavy atom. The third kappa shape index (κ3) is 3.13. The Hall–Kier alpha value is -2.56. The molecule has 0 saturated heterocycles. The number of rotatable bonds is 6. The van der Waals surface area contributed by atoms with E-state index in [-0.39, 0.29) is 0 Å². The molecule has 5 heteroatoms. The van der Waals surface area contributed by atoms with Gasteiger partial charge in [0.25, 0.3) is 0 Å². The molecule has 3 rings (SSSR count). The summed E-state index contributed by atoms with van der Waals surface area (Å²) in [6, 6.07) is 12.2. The number of benzene rings is 1. The molecule has 0 saturated carbocycles. The normalized spacial score (nSPS) is 10.7. The number of nitrogens with zero attached hydrogens (tertiary/aromatic N) is 4. The van der Waals surface area contributed by atoms with Gasteiger partial charge in [0.15, 0.2) is 0 Å². The van der Waals surface area contributed by atoms with Crippen LogP contribution in [0.15, 0.2) is 55.0 Å². The van der Waals surface area contributed by atoms with Crippen molar-refractivity contribution in [3.05, 3.63) is 60.7 Å². The second-order valence-corrected chi connectivity index (χ2v) is 4.90. The molecule has 0 radical (unpaired) electrons. The summed E-state index contributed by atoms with van der Waals surface area (Å²) in [4.78, 5) is 0. The van der Waals surface area contributed by atoms with Crippen molar-refractivity contribution < 1.29 is 0 Å². The molecule has 2 heterocycles. The number of nitrogens with one attached hydrogen (secondary N) is 1. The van der Waals surface area contributed by atoms with Gasteiger partial charge in [-0.15, -0.1) is 0 Å². The maximum Gasteiger partial charge on any atom is 0.0647 e. The van der Waals surface area contributed by atoms with Crippen LogP contribution in [0, 0.1) is 0 Å². The van der Waals surface area contributed by atoms with Gasteiger partial charge in [0, 0.05) is 30.8 Å². The topological polar surface area (TPSA) is 47.7 Å². The lowest BCUT2D eigenvalue weighted by molar-refractivity contribution is 0.578. The first-order valence-corrected chi connectivity index (χ1v) is 7.21. The molecule has 0 aliphatic rings. The van der Waals surface area contributed by atoms with Crippen LogP contribution in [0.4, 0.5) is 5.69 Å². The van der Waals surface area contributed by atoms with Gasteiger partial charge in [0.05, 0.1) is 17.9 Å². The number of aryl methyl sites for hydroxylation is 1. The van der Waals surface area contributed by atoms with Crippen LogP contribution >= 0.6 is 0 Å². The maximum absolute atomic E-state index is 4.33. The molecule has 0 spiro atoms. The SMILES string of the molecule is CCCn1nccc1CNc1ccc(-n2cccn2)cc1. The Kier molecular flexibility index (Phi) is 4.00. The molecule has 5 nitrogen and oxygen atoms in total. The summed E-state index contributed by atoms with van der Waals surface area (Å²) >= 11 is 0. The number of aromatic nitrogens is 4. The van der Waals surface area contributed by atoms with Crippen LogP contribution in [0.25, 0.3) is 5.69 Å². The number of hydrogen-bond donors (Lipinski definition) is 1. The largest absolute Gasteiger partial charge is 0.379 e. The molecule has 108 valence electrons. The fraction of sp³-hybridized carbons (Fsp3) is 0.250. The summed E-state index contributed by atoms with van der Waals surface area (Å²) in [6.45, 7) is 3.90. The van der Waals surface area contributed by atoms with Crippen molar-refractivity contribution >= 4 is 5.69 Å². The standard InChI is InChI=1S/C16H19N5/c1-2-11-20-16(8-10-19-20)13-17-14-4-6-15(7-5-14)21-12-3-9-18-21/h3-10,12,17H,2,11,13H2,1H3. The third-order valence-corrected chi connectivity index (χ3v) is 3.35. The van der Waals surface area contributed by atoms with Crippen LogP contribution in [-0.2, 0) is 13.1 Å². The number of hydrogen-bond acceptors (Lipinski definition) is 3. The molecule has 1 aromatic carbocycles. The highest BCUT2D eigenvalue weighted by Crippen LogP contribution is 2.13. The van der Waals surface area contributed by atoms with Crippen molar-refractivity contribution in [2.24, 2.45) is 0 Å². The monoisotopic (exact) mass is 281 g/mol. The minimum atomic E-state index is 0.779. The Morgan fingerprint density at radius 2 is 1.90 bits per heavy atom. The minimum Gasteiger partial charge on any atom is -0.379 e. The van der Waals surface area contributed by atoms with Crippen molar-refractivity contribution in [1.29, 1.82) is 0 Å². The van der Waals surface area contributed by atoms with E-state index in [1.54, 1.807) is 6.20 Å². The summed E-state index contributed by atoms with van der Waals surface area (Å²) in [5.74, 6) is 0. The molecular weight excluding hydrogens is 262 g/mol. The van der Waals surface area contributed by atoms with Gasteiger partial charge in [0.2, 0.25) is 0 Å². The lowest BCUT2D eigenvalue weighted by Gasteiger charge is -2.09. The summed E-state index contributed by atoms with van der Waals surface area (Å²) in [6.07, 6.45) is 6.66. The average molecular weight is 281 g/mol. The van der Waals surface area contributed by atoms with Crippen LogP contribution < -0.4 is 5.32 Å². The van der Waals surface area contributed by atoms with Crippen molar-refractivity contribution in [2.75, 3.05) is 5.32 Å². The van der Waals surface area contributed by atoms with Crippen LogP contribution in [0.1, 0.15) is 19.0 Å². The highest BCUT2D eigenvalue weighted by molar-refractivity contribution is 5.48. The first kappa shape index (κ1) is 13.4. The summed E-state index contributed by atoms with van der Waals surface area (Å²) in [5.41, 5.74) is 3.35. The Balaban J connectivity index is 1.64. The van der Waals surface area contributed by atoms with Crippen LogP contribution in [0.2, 0.25) is 0 Å². The van der Waals surface area contributed by atoms with Gasteiger partial charge in [-0.05, 0) is 42.8 Å². The van der Waals surface area contributed by atoms with Crippen molar-refractivity contribution in [2.45, 2.75) is 26.4 Å². The fourth-order valence-electron chi connectivity index (χ4n) is 2.27. The van der Waals surface area contributed by atoms with Gasteiger partial charge >= 0.3 is 0 Å². The van der Waals surface area contributed by atoms with E-state index in [0.717, 1.165) is 30.9 Å². The summed E-state index contributed by atoms with van der Waals surface area (Å²) < 4.78 is 3.89. The highest BCUT2D eigenvalue weighted by Gasteiger charge is 2.02. The molecular formula is C16H19N5. The number of anilines is 1.